The first kappa shape index (κ1) is 15.1. The molecule has 2 aromatic rings. The summed E-state index contributed by atoms with van der Waals surface area (Å²) in [5.41, 5.74) is 1.60. The molecule has 2 N–H and O–H groups in total. The molecule has 22 heavy (non-hydrogen) atoms. The Balaban J connectivity index is 1.63. The summed E-state index contributed by atoms with van der Waals surface area (Å²) >= 11 is 7.40. The number of hydrogen-bond donors (Lipinski definition) is 2. The van der Waals surface area contributed by atoms with E-state index >= 15 is 0 Å². The third-order valence-electron chi connectivity index (χ3n) is 3.62. The van der Waals surface area contributed by atoms with E-state index in [1.807, 2.05) is 36.4 Å². The summed E-state index contributed by atoms with van der Waals surface area (Å²) in [5.74, 6) is -0.647. The predicted molar refractivity (Wildman–Crippen MR) is 88.5 cm³/mol. The Labute approximate surface area is 137 Å². The zero-order chi connectivity index (χ0) is 15.5. The highest BCUT2D eigenvalue weighted by atomic mass is 35.5. The molecule has 0 bridgehead atoms. The van der Waals surface area contributed by atoms with Crippen LogP contribution >= 0.6 is 22.9 Å². The van der Waals surface area contributed by atoms with Crippen LogP contribution in [0.15, 0.2) is 36.4 Å². The van der Waals surface area contributed by atoms with Crippen molar-refractivity contribution >= 4 is 40.4 Å². The van der Waals surface area contributed by atoms with Crippen molar-refractivity contribution in [2.24, 2.45) is 0 Å². The van der Waals surface area contributed by atoms with Gasteiger partial charge in [0.15, 0.2) is 0 Å². The second kappa shape index (κ2) is 6.50. The molecule has 4 nitrogen and oxygen atoms in total. The van der Waals surface area contributed by atoms with Gasteiger partial charge < -0.3 is 10.6 Å². The molecule has 1 atom stereocenters. The van der Waals surface area contributed by atoms with Gasteiger partial charge in [-0.1, -0.05) is 29.8 Å². The van der Waals surface area contributed by atoms with Crippen molar-refractivity contribution in [3.8, 4) is 0 Å². The van der Waals surface area contributed by atoms with E-state index in [0.29, 0.717) is 6.54 Å². The Morgan fingerprint density at radius 1 is 1.32 bits per heavy atom. The molecular weight excluding hydrogens is 320 g/mol. The minimum absolute atomic E-state index is 0.107. The summed E-state index contributed by atoms with van der Waals surface area (Å²) in [4.78, 5) is 25.3. The topological polar surface area (TPSA) is 58.2 Å². The molecule has 0 spiro atoms. The zero-order valence-electron chi connectivity index (χ0n) is 11.8. The maximum Gasteiger partial charge on any atom is 0.228 e. The second-order valence-corrected chi connectivity index (χ2v) is 6.94. The van der Waals surface area contributed by atoms with Crippen LogP contribution in [0.5, 0.6) is 0 Å². The minimum atomic E-state index is -0.420. The third-order valence-corrected chi connectivity index (χ3v) is 4.91. The van der Waals surface area contributed by atoms with Crippen LogP contribution in [-0.4, -0.2) is 18.4 Å². The largest absolute Gasteiger partial charge is 0.355 e. The van der Waals surface area contributed by atoms with Gasteiger partial charge in [0.1, 0.15) is 0 Å². The fourth-order valence-electron chi connectivity index (χ4n) is 2.56. The predicted octanol–water partition coefficient (Wildman–Crippen LogP) is 3.19. The Hall–Kier alpha value is -1.85. The number of halogens is 1. The van der Waals surface area contributed by atoms with Gasteiger partial charge in [0.2, 0.25) is 11.8 Å². The summed E-state index contributed by atoms with van der Waals surface area (Å²) in [6.07, 6.45) is 0.928. The molecule has 0 aliphatic carbocycles. The first-order chi connectivity index (χ1) is 10.6. The first-order valence-corrected chi connectivity index (χ1v) is 8.23. The van der Waals surface area contributed by atoms with E-state index in [0.717, 1.165) is 26.9 Å². The van der Waals surface area contributed by atoms with Crippen molar-refractivity contribution in [3.63, 3.8) is 0 Å². The number of thiophene rings is 1. The Bertz CT molecular complexity index is 714. The van der Waals surface area contributed by atoms with Gasteiger partial charge in [-0.15, -0.1) is 11.3 Å². The number of carbonyl (C=O) groups is 2. The number of hydrogen-bond acceptors (Lipinski definition) is 3. The standard InChI is InChI=1S/C16H15ClN2O2S/c17-14-6-5-10(22-14)7-8-18-16(21)12-9-15(20)19-13-4-2-1-3-11(12)13/h1-6,12H,7-9H2,(H,18,21)(H,19,20). The molecule has 0 saturated carbocycles. The summed E-state index contributed by atoms with van der Waals surface area (Å²) in [7, 11) is 0. The van der Waals surface area contributed by atoms with Gasteiger partial charge >= 0.3 is 0 Å². The number of anilines is 1. The zero-order valence-corrected chi connectivity index (χ0v) is 13.3. The average molecular weight is 335 g/mol. The van der Waals surface area contributed by atoms with Gasteiger partial charge in [-0.2, -0.15) is 0 Å². The van der Waals surface area contributed by atoms with Crippen LogP contribution in [0.1, 0.15) is 22.8 Å². The molecule has 0 fully saturated rings. The molecule has 1 aromatic heterocycles. The van der Waals surface area contributed by atoms with Crippen LogP contribution in [0.25, 0.3) is 0 Å². The van der Waals surface area contributed by atoms with Crippen molar-refractivity contribution in [2.45, 2.75) is 18.8 Å². The Morgan fingerprint density at radius 3 is 2.91 bits per heavy atom. The Morgan fingerprint density at radius 2 is 2.14 bits per heavy atom. The summed E-state index contributed by atoms with van der Waals surface area (Å²) in [6, 6.07) is 11.2. The van der Waals surface area contributed by atoms with Gasteiger partial charge in [-0.05, 0) is 30.2 Å². The molecular formula is C16H15ClN2O2S. The number of rotatable bonds is 4. The van der Waals surface area contributed by atoms with E-state index < -0.39 is 5.92 Å². The van der Waals surface area contributed by atoms with Crippen molar-refractivity contribution in [3.05, 3.63) is 51.2 Å². The summed E-state index contributed by atoms with van der Waals surface area (Å²) in [5, 5.41) is 5.71. The molecule has 0 saturated heterocycles. The van der Waals surface area contributed by atoms with Crippen LogP contribution in [-0.2, 0) is 16.0 Å². The fraction of sp³-hybridized carbons (Fsp3) is 0.250. The number of carbonyl (C=O) groups excluding carboxylic acids is 2. The highest BCUT2D eigenvalue weighted by Crippen LogP contribution is 2.32. The number of nitrogens with one attached hydrogen (secondary N) is 2. The molecule has 2 heterocycles. The van der Waals surface area contributed by atoms with E-state index in [4.69, 9.17) is 11.6 Å². The van der Waals surface area contributed by atoms with E-state index in [9.17, 15) is 9.59 Å². The molecule has 6 heteroatoms. The molecule has 1 unspecified atom stereocenters. The highest BCUT2D eigenvalue weighted by Gasteiger charge is 2.30. The first-order valence-electron chi connectivity index (χ1n) is 7.04. The number of para-hydroxylation sites is 1. The van der Waals surface area contributed by atoms with Crippen molar-refractivity contribution < 1.29 is 9.59 Å². The number of fused-ring (bicyclic) bond motifs is 1. The number of benzene rings is 1. The van der Waals surface area contributed by atoms with Crippen LogP contribution in [0.2, 0.25) is 4.34 Å². The lowest BCUT2D eigenvalue weighted by Gasteiger charge is -2.24. The smallest absolute Gasteiger partial charge is 0.228 e. The summed E-state index contributed by atoms with van der Waals surface area (Å²) in [6.45, 7) is 0.538. The molecule has 114 valence electrons. The van der Waals surface area contributed by atoms with Crippen LogP contribution in [0.3, 0.4) is 0 Å². The molecule has 0 radical (unpaired) electrons. The van der Waals surface area contributed by atoms with Crippen molar-refractivity contribution in [1.82, 2.24) is 5.32 Å². The molecule has 1 aliphatic rings. The van der Waals surface area contributed by atoms with Crippen LogP contribution in [0.4, 0.5) is 5.69 Å². The van der Waals surface area contributed by atoms with E-state index in [1.54, 1.807) is 0 Å². The SMILES string of the molecule is O=C1CC(C(=O)NCCc2ccc(Cl)s2)c2ccccc2N1. The van der Waals surface area contributed by atoms with Crippen LogP contribution in [0, 0.1) is 0 Å². The van der Waals surface area contributed by atoms with Gasteiger partial charge in [0, 0.05) is 23.5 Å². The van der Waals surface area contributed by atoms with Gasteiger partial charge in [0.05, 0.1) is 10.3 Å². The lowest BCUT2D eigenvalue weighted by atomic mass is 9.90. The van der Waals surface area contributed by atoms with E-state index in [1.165, 1.54) is 11.3 Å². The molecule has 3 rings (SSSR count). The Kier molecular flexibility index (Phi) is 4.45. The minimum Gasteiger partial charge on any atom is -0.355 e. The van der Waals surface area contributed by atoms with Gasteiger partial charge in [-0.25, -0.2) is 0 Å². The quantitative estimate of drug-likeness (QED) is 0.902. The fourth-order valence-corrected chi connectivity index (χ4v) is 3.65. The highest BCUT2D eigenvalue weighted by molar-refractivity contribution is 7.16. The maximum atomic E-state index is 12.4. The lowest BCUT2D eigenvalue weighted by molar-refractivity contribution is -0.126. The second-order valence-electron chi connectivity index (χ2n) is 5.14. The molecule has 1 aliphatic heterocycles. The van der Waals surface area contributed by atoms with E-state index in [2.05, 4.69) is 10.6 Å². The normalized spacial score (nSPS) is 16.8. The molecule has 1 aromatic carbocycles. The monoisotopic (exact) mass is 334 g/mol. The van der Waals surface area contributed by atoms with E-state index in [-0.39, 0.29) is 18.2 Å². The lowest BCUT2D eigenvalue weighted by Crippen LogP contribution is -2.35. The third kappa shape index (κ3) is 3.31. The average Bonchev–Trinajstić information content (AvgIpc) is 2.91. The van der Waals surface area contributed by atoms with Crippen molar-refractivity contribution in [2.75, 3.05) is 11.9 Å². The maximum absolute atomic E-state index is 12.4. The van der Waals surface area contributed by atoms with Gasteiger partial charge in [-0.3, -0.25) is 9.59 Å². The number of amides is 2. The summed E-state index contributed by atoms with van der Waals surface area (Å²) < 4.78 is 0.749. The molecule has 2 amide bonds. The van der Waals surface area contributed by atoms with Gasteiger partial charge in [0.25, 0.3) is 0 Å². The van der Waals surface area contributed by atoms with Crippen LogP contribution < -0.4 is 10.6 Å². The van der Waals surface area contributed by atoms with Crippen molar-refractivity contribution in [1.29, 1.82) is 0 Å².